The van der Waals surface area contributed by atoms with Crippen molar-refractivity contribution in [1.82, 2.24) is 5.32 Å². The van der Waals surface area contributed by atoms with E-state index in [9.17, 15) is 17.9 Å². The lowest BCUT2D eigenvalue weighted by atomic mass is 10.1. The summed E-state index contributed by atoms with van der Waals surface area (Å²) < 4.78 is 55.2. The van der Waals surface area contributed by atoms with E-state index in [2.05, 4.69) is 5.32 Å². The molecule has 0 saturated heterocycles. The summed E-state index contributed by atoms with van der Waals surface area (Å²) in [5.41, 5.74) is 0.907. The van der Waals surface area contributed by atoms with E-state index in [-0.39, 0.29) is 28.0 Å². The van der Waals surface area contributed by atoms with Crippen molar-refractivity contribution in [2.45, 2.75) is 35.5 Å². The van der Waals surface area contributed by atoms with Gasteiger partial charge in [-0.2, -0.15) is 0 Å². The fourth-order valence-corrected chi connectivity index (χ4v) is 4.56. The van der Waals surface area contributed by atoms with Crippen LogP contribution in [0.1, 0.15) is 12.5 Å². The summed E-state index contributed by atoms with van der Waals surface area (Å²) in [6.45, 7) is 2.06. The van der Waals surface area contributed by atoms with Crippen molar-refractivity contribution in [3.05, 3.63) is 78.1 Å². The number of ether oxygens (including phenoxy) is 3. The SMILES string of the molecule is COc1ccc(S(=O)(=O)c2ccc(CCNC(Oc3ccc(F)cc3)C(C)O)cc2)cc1OC.Cl. The van der Waals surface area contributed by atoms with Gasteiger partial charge in [-0.3, -0.25) is 5.32 Å². The quantitative estimate of drug-likeness (QED) is 0.365. The number of nitrogens with one attached hydrogen (secondary N) is 1. The van der Waals surface area contributed by atoms with Crippen molar-refractivity contribution in [3.63, 3.8) is 0 Å². The lowest BCUT2D eigenvalue weighted by Gasteiger charge is -2.23. The summed E-state index contributed by atoms with van der Waals surface area (Å²) in [7, 11) is -0.795. The van der Waals surface area contributed by atoms with E-state index < -0.39 is 22.2 Å². The van der Waals surface area contributed by atoms with E-state index in [1.165, 1.54) is 50.6 Å². The predicted octanol–water partition coefficient (Wildman–Crippen LogP) is 4.02. The Labute approximate surface area is 211 Å². The van der Waals surface area contributed by atoms with Gasteiger partial charge in [-0.15, -0.1) is 12.4 Å². The number of hydrogen-bond acceptors (Lipinski definition) is 7. The lowest BCUT2D eigenvalue weighted by molar-refractivity contribution is 0.0274. The van der Waals surface area contributed by atoms with Gasteiger partial charge in [0.15, 0.2) is 17.7 Å². The minimum absolute atomic E-state index is 0. The topological polar surface area (TPSA) is 94.1 Å². The molecule has 0 saturated carbocycles. The first-order chi connectivity index (χ1) is 16.2. The monoisotopic (exact) mass is 525 g/mol. The highest BCUT2D eigenvalue weighted by molar-refractivity contribution is 7.91. The third kappa shape index (κ3) is 7.32. The average molecular weight is 526 g/mol. The molecule has 0 aliphatic heterocycles. The molecule has 2 atom stereocenters. The molecule has 3 aromatic rings. The average Bonchev–Trinajstić information content (AvgIpc) is 2.84. The van der Waals surface area contributed by atoms with Crippen LogP contribution in [0, 0.1) is 5.82 Å². The number of rotatable bonds is 11. The molecule has 0 fully saturated rings. The first-order valence-electron chi connectivity index (χ1n) is 10.6. The second kappa shape index (κ2) is 12.7. The van der Waals surface area contributed by atoms with E-state index in [1.54, 1.807) is 37.3 Å². The standard InChI is InChI=1S/C25H28FNO6S.ClH/c1-17(28)25(33-20-8-6-19(26)7-9-20)27-15-14-18-4-10-21(11-5-18)34(29,30)22-12-13-23(31-2)24(16-22)32-3;/h4-13,16-17,25,27-28H,14-15H2,1-3H3;1H. The van der Waals surface area contributed by atoms with Crippen LogP contribution in [-0.4, -0.2) is 46.6 Å². The first kappa shape index (κ1) is 28.4. The van der Waals surface area contributed by atoms with Gasteiger partial charge in [0.2, 0.25) is 9.84 Å². The van der Waals surface area contributed by atoms with Gasteiger partial charge in [-0.1, -0.05) is 12.1 Å². The molecule has 0 spiro atoms. The second-order valence-corrected chi connectivity index (χ2v) is 9.55. The number of benzene rings is 3. The second-order valence-electron chi connectivity index (χ2n) is 7.60. The van der Waals surface area contributed by atoms with Crippen LogP contribution in [0.15, 0.2) is 76.5 Å². The normalized spacial score (nSPS) is 12.8. The maximum Gasteiger partial charge on any atom is 0.206 e. The number of halogens is 2. The van der Waals surface area contributed by atoms with Crippen LogP contribution in [0.2, 0.25) is 0 Å². The van der Waals surface area contributed by atoms with Gasteiger partial charge in [-0.25, -0.2) is 12.8 Å². The van der Waals surface area contributed by atoms with E-state index >= 15 is 0 Å². The van der Waals surface area contributed by atoms with Crippen molar-refractivity contribution in [3.8, 4) is 17.2 Å². The van der Waals surface area contributed by atoms with E-state index in [0.29, 0.717) is 30.2 Å². The maximum absolute atomic E-state index is 13.1. The van der Waals surface area contributed by atoms with Crippen LogP contribution in [0.5, 0.6) is 17.2 Å². The van der Waals surface area contributed by atoms with Crippen LogP contribution in [0.4, 0.5) is 4.39 Å². The summed E-state index contributed by atoms with van der Waals surface area (Å²) in [5, 5.41) is 13.1. The molecule has 0 aliphatic rings. The molecule has 7 nitrogen and oxygen atoms in total. The summed E-state index contributed by atoms with van der Waals surface area (Å²) in [6, 6.07) is 16.6. The molecule has 2 unspecified atom stereocenters. The highest BCUT2D eigenvalue weighted by Crippen LogP contribution is 2.32. The number of aliphatic hydroxyl groups excluding tert-OH is 1. The number of methoxy groups -OCH3 is 2. The molecular weight excluding hydrogens is 497 g/mol. The fraction of sp³-hybridized carbons (Fsp3) is 0.280. The minimum Gasteiger partial charge on any atom is -0.493 e. The Morgan fingerprint density at radius 3 is 2.09 bits per heavy atom. The molecule has 0 bridgehead atoms. The molecule has 3 rings (SSSR count). The molecule has 0 aliphatic carbocycles. The number of aliphatic hydroxyl groups is 1. The maximum atomic E-state index is 13.1. The van der Waals surface area contributed by atoms with Gasteiger partial charge in [0.1, 0.15) is 17.7 Å². The smallest absolute Gasteiger partial charge is 0.206 e. The Morgan fingerprint density at radius 1 is 0.914 bits per heavy atom. The van der Waals surface area contributed by atoms with Gasteiger partial charge in [0.25, 0.3) is 0 Å². The first-order valence-corrected chi connectivity index (χ1v) is 12.1. The zero-order valence-corrected chi connectivity index (χ0v) is 21.2. The zero-order valence-electron chi connectivity index (χ0n) is 19.6. The van der Waals surface area contributed by atoms with Crippen LogP contribution < -0.4 is 19.5 Å². The van der Waals surface area contributed by atoms with Gasteiger partial charge in [0.05, 0.1) is 24.0 Å². The van der Waals surface area contributed by atoms with Crippen molar-refractivity contribution >= 4 is 22.2 Å². The lowest BCUT2D eigenvalue weighted by Crippen LogP contribution is -2.43. The third-order valence-electron chi connectivity index (χ3n) is 5.17. The molecule has 0 amide bonds. The van der Waals surface area contributed by atoms with Gasteiger partial charge >= 0.3 is 0 Å². The Hall–Kier alpha value is -2.85. The van der Waals surface area contributed by atoms with Crippen molar-refractivity contribution in [2.24, 2.45) is 0 Å². The molecule has 10 heteroatoms. The fourth-order valence-electron chi connectivity index (χ4n) is 3.28. The number of hydrogen-bond donors (Lipinski definition) is 2. The molecule has 190 valence electrons. The van der Waals surface area contributed by atoms with Crippen molar-refractivity contribution in [1.29, 1.82) is 0 Å². The molecule has 0 heterocycles. The van der Waals surface area contributed by atoms with Gasteiger partial charge in [-0.05, 0) is 67.4 Å². The summed E-state index contributed by atoms with van der Waals surface area (Å²) in [6.07, 6.45) is -0.915. The Balaban J connectivity index is 0.00000432. The largest absolute Gasteiger partial charge is 0.493 e. The Bertz CT molecular complexity index is 1190. The summed E-state index contributed by atoms with van der Waals surface area (Å²) in [5.74, 6) is 0.847. The van der Waals surface area contributed by atoms with Crippen LogP contribution in [0.3, 0.4) is 0 Å². The summed E-state index contributed by atoms with van der Waals surface area (Å²) in [4.78, 5) is 0.273. The predicted molar refractivity (Wildman–Crippen MR) is 133 cm³/mol. The van der Waals surface area contributed by atoms with Crippen molar-refractivity contribution < 1.29 is 32.1 Å². The molecule has 35 heavy (non-hydrogen) atoms. The number of sulfone groups is 1. The van der Waals surface area contributed by atoms with Crippen molar-refractivity contribution in [2.75, 3.05) is 20.8 Å². The molecule has 3 aromatic carbocycles. The highest BCUT2D eigenvalue weighted by Gasteiger charge is 2.20. The minimum atomic E-state index is -3.73. The molecule has 0 aromatic heterocycles. The van der Waals surface area contributed by atoms with E-state index in [1.807, 2.05) is 0 Å². The van der Waals surface area contributed by atoms with Crippen LogP contribution in [0.25, 0.3) is 0 Å². The van der Waals surface area contributed by atoms with Crippen LogP contribution in [-0.2, 0) is 16.3 Å². The Kier molecular flexibility index (Phi) is 10.3. The molecular formula is C25H29ClFNO6S. The van der Waals surface area contributed by atoms with Gasteiger partial charge in [0, 0.05) is 12.6 Å². The third-order valence-corrected chi connectivity index (χ3v) is 6.94. The molecule has 0 radical (unpaired) electrons. The highest BCUT2D eigenvalue weighted by atomic mass is 35.5. The van der Waals surface area contributed by atoms with Gasteiger partial charge < -0.3 is 19.3 Å². The van der Waals surface area contributed by atoms with Crippen LogP contribution >= 0.6 is 12.4 Å². The zero-order chi connectivity index (χ0) is 24.7. The summed E-state index contributed by atoms with van der Waals surface area (Å²) >= 11 is 0. The van der Waals surface area contributed by atoms with E-state index in [4.69, 9.17) is 14.2 Å². The van der Waals surface area contributed by atoms with E-state index in [0.717, 1.165) is 5.56 Å². The Morgan fingerprint density at radius 2 is 1.51 bits per heavy atom. The molecule has 2 N–H and O–H groups in total.